The van der Waals surface area contributed by atoms with Crippen LogP contribution < -0.4 is 4.74 Å². The molecule has 0 radical (unpaired) electrons. The molecule has 5 rings (SSSR count). The second-order valence-corrected chi connectivity index (χ2v) is 9.93. The van der Waals surface area contributed by atoms with E-state index in [4.69, 9.17) is 21.4 Å². The minimum absolute atomic E-state index is 0.0115. The highest BCUT2D eigenvalue weighted by Gasteiger charge is 2.34. The van der Waals surface area contributed by atoms with Gasteiger partial charge in [-0.3, -0.25) is 14.6 Å². The summed E-state index contributed by atoms with van der Waals surface area (Å²) in [7, 11) is 0. The van der Waals surface area contributed by atoms with Crippen LogP contribution in [-0.2, 0) is 11.3 Å². The Balaban J connectivity index is 1.28. The van der Waals surface area contributed by atoms with Gasteiger partial charge in [0.2, 0.25) is 0 Å². The Kier molecular flexibility index (Phi) is 8.19. The summed E-state index contributed by atoms with van der Waals surface area (Å²) in [5, 5.41) is 7.14. The molecule has 1 fully saturated rings. The van der Waals surface area contributed by atoms with Crippen molar-refractivity contribution < 1.29 is 9.53 Å². The first-order valence-electron chi connectivity index (χ1n) is 13.0. The zero-order valence-corrected chi connectivity index (χ0v) is 22.0. The lowest BCUT2D eigenvalue weighted by Crippen LogP contribution is -2.49. The van der Waals surface area contributed by atoms with Crippen molar-refractivity contribution in [2.24, 2.45) is 5.10 Å². The molecule has 0 aliphatic carbocycles. The van der Waals surface area contributed by atoms with Gasteiger partial charge in [-0.1, -0.05) is 72.3 Å². The molecule has 3 aromatic carbocycles. The Bertz CT molecular complexity index is 1220. The zero-order valence-electron chi connectivity index (χ0n) is 21.2. The number of ether oxygens (including phenoxy) is 1. The van der Waals surface area contributed by atoms with Crippen molar-refractivity contribution >= 4 is 23.2 Å². The summed E-state index contributed by atoms with van der Waals surface area (Å²) in [6, 6.07) is 26.0. The van der Waals surface area contributed by atoms with Crippen molar-refractivity contribution in [3.63, 3.8) is 0 Å². The normalized spacial score (nSPS) is 18.6. The second-order valence-electron chi connectivity index (χ2n) is 9.52. The molecule has 0 bridgehead atoms. The predicted octanol–water partition coefficient (Wildman–Crippen LogP) is 5.23. The Morgan fingerprint density at radius 3 is 2.30 bits per heavy atom. The van der Waals surface area contributed by atoms with Crippen LogP contribution in [0.4, 0.5) is 0 Å². The first-order valence-corrected chi connectivity index (χ1v) is 13.3. The zero-order chi connectivity index (χ0) is 25.6. The molecule has 7 heteroatoms. The van der Waals surface area contributed by atoms with E-state index in [0.29, 0.717) is 24.6 Å². The monoisotopic (exact) mass is 516 g/mol. The summed E-state index contributed by atoms with van der Waals surface area (Å²) in [5.41, 5.74) is 4.08. The molecule has 2 aliphatic rings. The number of carbonyl (C=O) groups excluding carboxylic acids is 1. The van der Waals surface area contributed by atoms with E-state index in [2.05, 4.69) is 34.1 Å². The quantitative estimate of drug-likeness (QED) is 0.411. The summed E-state index contributed by atoms with van der Waals surface area (Å²) in [6.07, 6.45) is 0.619. The maximum Gasteiger partial charge on any atom is 0.257 e. The maximum atomic E-state index is 13.6. The van der Waals surface area contributed by atoms with Crippen molar-refractivity contribution in [3.05, 3.63) is 101 Å². The number of halogens is 1. The molecule has 1 amide bonds. The van der Waals surface area contributed by atoms with Crippen LogP contribution in [0.5, 0.6) is 5.75 Å². The molecule has 192 valence electrons. The van der Waals surface area contributed by atoms with Crippen LogP contribution in [-0.4, -0.2) is 65.8 Å². The number of hydrogen-bond acceptors (Lipinski definition) is 5. The van der Waals surface area contributed by atoms with Crippen LogP contribution >= 0.6 is 11.6 Å². The number of rotatable bonds is 8. The van der Waals surface area contributed by atoms with Gasteiger partial charge in [0, 0.05) is 49.7 Å². The molecule has 2 heterocycles. The van der Waals surface area contributed by atoms with Gasteiger partial charge in [0.15, 0.2) is 0 Å². The van der Waals surface area contributed by atoms with Crippen LogP contribution in [0.15, 0.2) is 84.0 Å². The molecule has 0 spiro atoms. The average molecular weight is 517 g/mol. The average Bonchev–Trinajstić information content (AvgIpc) is 3.37. The standard InChI is InChI=1S/C30H33ClN4O2/c1-2-37-25-14-12-24(13-15-25)29-20-28(26-10-6-7-11-27(26)31)32-35(29)30(36)22-34-18-16-33(17-19-34)21-23-8-4-3-5-9-23/h3-15,29H,2,16-22H2,1H3/t29-/m0/s1. The number of piperazine rings is 1. The van der Waals surface area contributed by atoms with Crippen molar-refractivity contribution in [3.8, 4) is 5.75 Å². The lowest BCUT2D eigenvalue weighted by Gasteiger charge is -2.35. The van der Waals surface area contributed by atoms with Gasteiger partial charge in [0.1, 0.15) is 5.75 Å². The van der Waals surface area contributed by atoms with Gasteiger partial charge in [-0.25, -0.2) is 5.01 Å². The SMILES string of the molecule is CCOc1ccc([C@@H]2CC(c3ccccc3Cl)=NN2C(=O)CN2CCN(Cc3ccccc3)CC2)cc1. The molecule has 6 nitrogen and oxygen atoms in total. The molecule has 0 aromatic heterocycles. The van der Waals surface area contributed by atoms with Gasteiger partial charge < -0.3 is 4.74 Å². The highest BCUT2D eigenvalue weighted by Crippen LogP contribution is 2.35. The van der Waals surface area contributed by atoms with E-state index in [1.54, 1.807) is 5.01 Å². The van der Waals surface area contributed by atoms with Gasteiger partial charge in [-0.05, 0) is 36.2 Å². The van der Waals surface area contributed by atoms with E-state index < -0.39 is 0 Å². The van der Waals surface area contributed by atoms with Gasteiger partial charge >= 0.3 is 0 Å². The van der Waals surface area contributed by atoms with Crippen LogP contribution in [0.25, 0.3) is 0 Å². The lowest BCUT2D eigenvalue weighted by atomic mass is 9.98. The molecular formula is C30H33ClN4O2. The highest BCUT2D eigenvalue weighted by atomic mass is 35.5. The second kappa shape index (κ2) is 11.9. The summed E-state index contributed by atoms with van der Waals surface area (Å²) in [4.78, 5) is 18.3. The number of carbonyl (C=O) groups is 1. The fourth-order valence-corrected chi connectivity index (χ4v) is 5.27. The Morgan fingerprint density at radius 1 is 0.919 bits per heavy atom. The minimum atomic E-state index is -0.172. The van der Waals surface area contributed by atoms with E-state index in [0.717, 1.165) is 55.3 Å². The van der Waals surface area contributed by atoms with Gasteiger partial charge in [0.25, 0.3) is 5.91 Å². The van der Waals surface area contributed by atoms with Crippen LogP contribution in [0.2, 0.25) is 5.02 Å². The number of benzene rings is 3. The Morgan fingerprint density at radius 2 is 1.59 bits per heavy atom. The number of amides is 1. The van der Waals surface area contributed by atoms with Crippen molar-refractivity contribution in [2.75, 3.05) is 39.3 Å². The molecule has 0 saturated carbocycles. The topological polar surface area (TPSA) is 48.4 Å². The molecular weight excluding hydrogens is 484 g/mol. The van der Waals surface area contributed by atoms with E-state index in [9.17, 15) is 4.79 Å². The first-order chi connectivity index (χ1) is 18.1. The molecule has 37 heavy (non-hydrogen) atoms. The van der Waals surface area contributed by atoms with Gasteiger partial charge in [-0.2, -0.15) is 5.10 Å². The fraction of sp³-hybridized carbons (Fsp3) is 0.333. The third kappa shape index (κ3) is 6.21. The number of hydrogen-bond donors (Lipinski definition) is 0. The number of nitrogens with zero attached hydrogens (tertiary/aromatic N) is 4. The van der Waals surface area contributed by atoms with Crippen LogP contribution in [0.1, 0.15) is 36.1 Å². The van der Waals surface area contributed by atoms with E-state index in [-0.39, 0.29) is 11.9 Å². The van der Waals surface area contributed by atoms with Gasteiger partial charge in [-0.15, -0.1) is 0 Å². The lowest BCUT2D eigenvalue weighted by molar-refractivity contribution is -0.134. The Labute approximate surface area is 224 Å². The van der Waals surface area contributed by atoms with E-state index in [1.165, 1.54) is 5.56 Å². The molecule has 0 N–H and O–H groups in total. The van der Waals surface area contributed by atoms with E-state index in [1.807, 2.05) is 61.5 Å². The molecule has 0 unspecified atom stereocenters. The van der Waals surface area contributed by atoms with Crippen molar-refractivity contribution in [1.29, 1.82) is 0 Å². The van der Waals surface area contributed by atoms with E-state index >= 15 is 0 Å². The third-order valence-corrected chi connectivity index (χ3v) is 7.33. The smallest absolute Gasteiger partial charge is 0.257 e. The molecule has 3 aromatic rings. The molecule has 1 atom stereocenters. The Hall–Kier alpha value is -3.19. The van der Waals surface area contributed by atoms with Crippen molar-refractivity contribution in [2.45, 2.75) is 25.9 Å². The molecule has 2 aliphatic heterocycles. The predicted molar refractivity (Wildman–Crippen MR) is 148 cm³/mol. The van der Waals surface area contributed by atoms with Crippen molar-refractivity contribution in [1.82, 2.24) is 14.8 Å². The molecule has 1 saturated heterocycles. The maximum absolute atomic E-state index is 13.6. The highest BCUT2D eigenvalue weighted by molar-refractivity contribution is 6.34. The summed E-state index contributed by atoms with van der Waals surface area (Å²) in [6.45, 7) is 7.49. The fourth-order valence-electron chi connectivity index (χ4n) is 5.02. The number of hydrazone groups is 1. The largest absolute Gasteiger partial charge is 0.494 e. The minimum Gasteiger partial charge on any atom is -0.494 e. The summed E-state index contributed by atoms with van der Waals surface area (Å²) >= 11 is 6.49. The summed E-state index contributed by atoms with van der Waals surface area (Å²) in [5.74, 6) is 0.834. The van der Waals surface area contributed by atoms with Crippen LogP contribution in [0, 0.1) is 0 Å². The third-order valence-electron chi connectivity index (χ3n) is 7.00. The van der Waals surface area contributed by atoms with Crippen LogP contribution in [0.3, 0.4) is 0 Å². The summed E-state index contributed by atoms with van der Waals surface area (Å²) < 4.78 is 5.61. The first kappa shape index (κ1) is 25.5. The van der Waals surface area contributed by atoms with Gasteiger partial charge in [0.05, 0.1) is 24.9 Å².